The second-order valence-corrected chi connectivity index (χ2v) is 6.51. The Morgan fingerprint density at radius 3 is 2.53 bits per heavy atom. The summed E-state index contributed by atoms with van der Waals surface area (Å²) in [6.45, 7) is 5.12. The fourth-order valence-corrected chi connectivity index (χ4v) is 2.94. The van der Waals surface area contributed by atoms with Gasteiger partial charge in [0, 0.05) is 15.4 Å². The van der Waals surface area contributed by atoms with Crippen molar-refractivity contribution in [1.82, 2.24) is 5.32 Å². The molecule has 1 aromatic rings. The van der Waals surface area contributed by atoms with Crippen molar-refractivity contribution in [2.24, 2.45) is 0 Å². The normalized spacial score (nSPS) is 13.1. The van der Waals surface area contributed by atoms with E-state index in [9.17, 15) is 14.7 Å². The molecule has 0 spiro atoms. The summed E-state index contributed by atoms with van der Waals surface area (Å²) in [6, 6.07) is -0.937. The van der Waals surface area contributed by atoms with Crippen molar-refractivity contribution in [3.63, 3.8) is 0 Å². The standard InChI is InChI=1S/C12H16BrNO4S/c1-12(2,3)18-9(15)4-14-10(11(16)17)7-5-19-6-8(7)13/h5-6,10,14H,4H2,1-3H3,(H,16,17). The van der Waals surface area contributed by atoms with E-state index in [1.54, 1.807) is 31.5 Å². The van der Waals surface area contributed by atoms with E-state index in [2.05, 4.69) is 21.2 Å². The van der Waals surface area contributed by atoms with Gasteiger partial charge in [-0.2, -0.15) is 11.3 Å². The first-order valence-electron chi connectivity index (χ1n) is 5.60. The number of nitrogens with one attached hydrogen (secondary N) is 1. The third-order valence-corrected chi connectivity index (χ3v) is 3.82. The first-order valence-corrected chi connectivity index (χ1v) is 7.34. The predicted molar refractivity (Wildman–Crippen MR) is 76.2 cm³/mol. The third kappa shape index (κ3) is 5.30. The molecular weight excluding hydrogens is 334 g/mol. The minimum atomic E-state index is -1.04. The summed E-state index contributed by atoms with van der Waals surface area (Å²) in [4.78, 5) is 22.8. The zero-order valence-electron chi connectivity index (χ0n) is 10.9. The fraction of sp³-hybridized carbons (Fsp3) is 0.500. The number of esters is 1. The van der Waals surface area contributed by atoms with Crippen LogP contribution in [0, 0.1) is 0 Å². The van der Waals surface area contributed by atoms with Gasteiger partial charge in [-0.3, -0.25) is 14.9 Å². The molecule has 0 aliphatic rings. The van der Waals surface area contributed by atoms with Gasteiger partial charge in [0.1, 0.15) is 11.6 Å². The lowest BCUT2D eigenvalue weighted by atomic mass is 10.1. The number of carbonyl (C=O) groups excluding carboxylic acids is 1. The highest BCUT2D eigenvalue weighted by atomic mass is 79.9. The summed E-state index contributed by atoms with van der Waals surface area (Å²) in [6.07, 6.45) is 0. The molecule has 1 heterocycles. The van der Waals surface area contributed by atoms with E-state index < -0.39 is 23.6 Å². The van der Waals surface area contributed by atoms with Crippen molar-refractivity contribution in [3.8, 4) is 0 Å². The van der Waals surface area contributed by atoms with E-state index in [1.165, 1.54) is 11.3 Å². The molecule has 0 aliphatic heterocycles. The van der Waals surface area contributed by atoms with E-state index in [-0.39, 0.29) is 6.54 Å². The lowest BCUT2D eigenvalue weighted by molar-refractivity contribution is -0.154. The van der Waals surface area contributed by atoms with Gasteiger partial charge in [-0.1, -0.05) is 0 Å². The molecule has 1 aromatic heterocycles. The van der Waals surface area contributed by atoms with Crippen LogP contribution in [0.2, 0.25) is 0 Å². The van der Waals surface area contributed by atoms with Crippen molar-refractivity contribution in [1.29, 1.82) is 0 Å². The van der Waals surface area contributed by atoms with Crippen LogP contribution in [-0.4, -0.2) is 29.2 Å². The molecule has 0 bridgehead atoms. The summed E-state index contributed by atoms with van der Waals surface area (Å²) in [5.74, 6) is -1.52. The lowest BCUT2D eigenvalue weighted by Gasteiger charge is -2.20. The van der Waals surface area contributed by atoms with Gasteiger partial charge in [-0.15, -0.1) is 0 Å². The number of hydrogen-bond donors (Lipinski definition) is 2. The van der Waals surface area contributed by atoms with Gasteiger partial charge in [0.25, 0.3) is 0 Å². The molecule has 0 saturated heterocycles. The van der Waals surface area contributed by atoms with E-state index in [0.717, 1.165) is 0 Å². The van der Waals surface area contributed by atoms with Crippen LogP contribution in [0.15, 0.2) is 15.2 Å². The fourth-order valence-electron chi connectivity index (χ4n) is 1.39. The van der Waals surface area contributed by atoms with Crippen LogP contribution >= 0.6 is 27.3 Å². The van der Waals surface area contributed by atoms with Gasteiger partial charge in [-0.25, -0.2) is 0 Å². The summed E-state index contributed by atoms with van der Waals surface area (Å²) >= 11 is 4.67. The Morgan fingerprint density at radius 1 is 1.47 bits per heavy atom. The van der Waals surface area contributed by atoms with Crippen molar-refractivity contribution in [3.05, 3.63) is 20.8 Å². The summed E-state index contributed by atoms with van der Waals surface area (Å²) in [5.41, 5.74) is 0.0153. The van der Waals surface area contributed by atoms with Gasteiger partial charge in [0.15, 0.2) is 0 Å². The highest BCUT2D eigenvalue weighted by Gasteiger charge is 2.24. The Kier molecular flexibility index (Phi) is 5.51. The number of ether oxygens (including phenoxy) is 1. The Morgan fingerprint density at radius 2 is 2.11 bits per heavy atom. The third-order valence-electron chi connectivity index (χ3n) is 2.07. The highest BCUT2D eigenvalue weighted by Crippen LogP contribution is 2.27. The van der Waals surface area contributed by atoms with E-state index in [1.807, 2.05) is 0 Å². The molecule has 0 aliphatic carbocycles. The van der Waals surface area contributed by atoms with Crippen LogP contribution in [0.1, 0.15) is 32.4 Å². The molecule has 0 saturated carbocycles. The Balaban J connectivity index is 2.65. The molecule has 0 fully saturated rings. The predicted octanol–water partition coefficient (Wildman–Crippen LogP) is 2.57. The van der Waals surface area contributed by atoms with Crippen molar-refractivity contribution >= 4 is 39.2 Å². The van der Waals surface area contributed by atoms with E-state index in [4.69, 9.17) is 4.74 Å². The number of carboxylic acids is 1. The van der Waals surface area contributed by atoms with E-state index in [0.29, 0.717) is 10.0 Å². The van der Waals surface area contributed by atoms with Gasteiger partial charge in [0.05, 0.1) is 6.54 Å². The first kappa shape index (κ1) is 16.1. The molecule has 1 atom stereocenters. The number of halogens is 1. The average molecular weight is 350 g/mol. The van der Waals surface area contributed by atoms with Crippen molar-refractivity contribution < 1.29 is 19.4 Å². The quantitative estimate of drug-likeness (QED) is 0.799. The van der Waals surface area contributed by atoms with Crippen LogP contribution in [0.4, 0.5) is 0 Å². The molecule has 5 nitrogen and oxygen atoms in total. The van der Waals surface area contributed by atoms with Crippen molar-refractivity contribution in [2.75, 3.05) is 6.54 Å². The van der Waals surface area contributed by atoms with Crippen molar-refractivity contribution in [2.45, 2.75) is 32.4 Å². The number of carboxylic acid groups (broad SMARTS) is 1. The summed E-state index contributed by atoms with van der Waals surface area (Å²) < 4.78 is 5.82. The van der Waals surface area contributed by atoms with Crippen LogP contribution in [0.5, 0.6) is 0 Å². The maximum atomic E-state index is 11.6. The van der Waals surface area contributed by atoms with Crippen LogP contribution in [0.25, 0.3) is 0 Å². The molecule has 1 rings (SSSR count). The average Bonchev–Trinajstić information content (AvgIpc) is 2.62. The lowest BCUT2D eigenvalue weighted by Crippen LogP contribution is -2.36. The Bertz CT molecular complexity index is 467. The van der Waals surface area contributed by atoms with Gasteiger partial charge < -0.3 is 9.84 Å². The topological polar surface area (TPSA) is 75.6 Å². The number of hydrogen-bond acceptors (Lipinski definition) is 5. The molecule has 7 heteroatoms. The molecule has 0 aromatic carbocycles. The monoisotopic (exact) mass is 349 g/mol. The van der Waals surface area contributed by atoms with Crippen LogP contribution in [0.3, 0.4) is 0 Å². The Hall–Kier alpha value is -0.920. The number of carbonyl (C=O) groups is 2. The minimum Gasteiger partial charge on any atom is -0.480 e. The molecule has 19 heavy (non-hydrogen) atoms. The maximum Gasteiger partial charge on any atom is 0.325 e. The summed E-state index contributed by atoms with van der Waals surface area (Å²) in [5, 5.41) is 15.4. The minimum absolute atomic E-state index is 0.156. The zero-order valence-corrected chi connectivity index (χ0v) is 13.3. The maximum absolute atomic E-state index is 11.6. The second-order valence-electron chi connectivity index (χ2n) is 4.91. The molecule has 0 amide bonds. The number of aliphatic carboxylic acids is 1. The largest absolute Gasteiger partial charge is 0.480 e. The molecule has 2 N–H and O–H groups in total. The first-order chi connectivity index (χ1) is 8.70. The van der Waals surface area contributed by atoms with Gasteiger partial charge in [-0.05, 0) is 42.1 Å². The number of rotatable bonds is 5. The highest BCUT2D eigenvalue weighted by molar-refractivity contribution is 9.10. The molecule has 1 unspecified atom stereocenters. The smallest absolute Gasteiger partial charge is 0.325 e. The SMILES string of the molecule is CC(C)(C)OC(=O)CNC(C(=O)O)c1cscc1Br. The summed E-state index contributed by atoms with van der Waals surface area (Å²) in [7, 11) is 0. The Labute approximate surface area is 124 Å². The molecular formula is C12H16BrNO4S. The van der Waals surface area contributed by atoms with E-state index >= 15 is 0 Å². The molecule has 106 valence electrons. The van der Waals surface area contributed by atoms with Gasteiger partial charge in [0.2, 0.25) is 0 Å². The van der Waals surface area contributed by atoms with Crippen LogP contribution in [-0.2, 0) is 14.3 Å². The van der Waals surface area contributed by atoms with Gasteiger partial charge >= 0.3 is 11.9 Å². The molecule has 0 radical (unpaired) electrons. The number of thiophene rings is 1. The van der Waals surface area contributed by atoms with Crippen LogP contribution < -0.4 is 5.32 Å². The second kappa shape index (κ2) is 6.49. The zero-order chi connectivity index (χ0) is 14.6.